The van der Waals surface area contributed by atoms with Crippen LogP contribution in [0.25, 0.3) is 5.52 Å². The SMILES string of the molecule is CCN(CC)C(=O)C(C)Nc1nccn2nc(C)cc12. The molecule has 1 atom stereocenters. The highest BCUT2D eigenvalue weighted by Gasteiger charge is 2.19. The van der Waals surface area contributed by atoms with Gasteiger partial charge in [0.1, 0.15) is 11.6 Å². The number of aromatic nitrogens is 3. The smallest absolute Gasteiger partial charge is 0.244 e. The quantitative estimate of drug-likeness (QED) is 0.902. The van der Waals surface area contributed by atoms with Crippen LogP contribution in [-0.2, 0) is 4.79 Å². The van der Waals surface area contributed by atoms with Crippen LogP contribution in [0.5, 0.6) is 0 Å². The molecule has 0 bridgehead atoms. The minimum Gasteiger partial charge on any atom is -0.357 e. The number of likely N-dealkylation sites (N-methyl/N-ethyl adjacent to an activating group) is 1. The third kappa shape index (κ3) is 2.74. The molecule has 0 saturated heterocycles. The van der Waals surface area contributed by atoms with Crippen molar-refractivity contribution < 1.29 is 4.79 Å². The number of anilines is 1. The molecule has 0 aliphatic rings. The molecule has 2 aromatic rings. The lowest BCUT2D eigenvalue weighted by atomic mass is 10.2. The molecule has 0 aliphatic carbocycles. The van der Waals surface area contributed by atoms with E-state index in [1.165, 1.54) is 0 Å². The fourth-order valence-corrected chi connectivity index (χ4v) is 2.23. The van der Waals surface area contributed by atoms with Crippen LogP contribution in [0.4, 0.5) is 5.82 Å². The highest BCUT2D eigenvalue weighted by Crippen LogP contribution is 2.16. The van der Waals surface area contributed by atoms with Gasteiger partial charge in [0.2, 0.25) is 5.91 Å². The van der Waals surface area contributed by atoms with E-state index in [4.69, 9.17) is 0 Å². The molecule has 6 heteroatoms. The fraction of sp³-hybridized carbons (Fsp3) is 0.500. The van der Waals surface area contributed by atoms with Crippen molar-refractivity contribution in [1.82, 2.24) is 19.5 Å². The summed E-state index contributed by atoms with van der Waals surface area (Å²) < 4.78 is 1.76. The third-order valence-electron chi connectivity index (χ3n) is 3.31. The zero-order valence-corrected chi connectivity index (χ0v) is 12.4. The topological polar surface area (TPSA) is 62.5 Å². The average Bonchev–Trinajstić information content (AvgIpc) is 2.81. The second kappa shape index (κ2) is 5.90. The second-order valence-corrected chi connectivity index (χ2v) is 4.77. The maximum Gasteiger partial charge on any atom is 0.244 e. The number of hydrogen-bond donors (Lipinski definition) is 1. The number of nitrogens with one attached hydrogen (secondary N) is 1. The lowest BCUT2D eigenvalue weighted by Gasteiger charge is -2.23. The Balaban J connectivity index is 2.21. The monoisotopic (exact) mass is 275 g/mol. The van der Waals surface area contributed by atoms with E-state index in [2.05, 4.69) is 15.4 Å². The molecule has 0 aromatic carbocycles. The highest BCUT2D eigenvalue weighted by molar-refractivity contribution is 5.85. The van der Waals surface area contributed by atoms with Gasteiger partial charge in [0.15, 0.2) is 5.82 Å². The van der Waals surface area contributed by atoms with Gasteiger partial charge in [-0.1, -0.05) is 0 Å². The molecule has 0 aliphatic heterocycles. The minimum atomic E-state index is -0.316. The van der Waals surface area contributed by atoms with Crippen molar-refractivity contribution >= 4 is 17.2 Å². The number of fused-ring (bicyclic) bond motifs is 1. The number of carbonyl (C=O) groups is 1. The van der Waals surface area contributed by atoms with Crippen molar-refractivity contribution in [3.8, 4) is 0 Å². The molecule has 108 valence electrons. The van der Waals surface area contributed by atoms with Gasteiger partial charge in [-0.15, -0.1) is 0 Å². The number of carbonyl (C=O) groups excluding carboxylic acids is 1. The van der Waals surface area contributed by atoms with Gasteiger partial charge >= 0.3 is 0 Å². The summed E-state index contributed by atoms with van der Waals surface area (Å²) in [5, 5.41) is 7.52. The first-order chi connectivity index (χ1) is 9.56. The molecule has 2 rings (SSSR count). The lowest BCUT2D eigenvalue weighted by molar-refractivity contribution is -0.131. The fourth-order valence-electron chi connectivity index (χ4n) is 2.23. The Hall–Kier alpha value is -2.11. The van der Waals surface area contributed by atoms with Crippen molar-refractivity contribution in [2.24, 2.45) is 0 Å². The second-order valence-electron chi connectivity index (χ2n) is 4.77. The van der Waals surface area contributed by atoms with Gasteiger partial charge in [-0.2, -0.15) is 5.10 Å². The van der Waals surface area contributed by atoms with Crippen LogP contribution >= 0.6 is 0 Å². The highest BCUT2D eigenvalue weighted by atomic mass is 16.2. The van der Waals surface area contributed by atoms with Crippen LogP contribution in [0.2, 0.25) is 0 Å². The maximum atomic E-state index is 12.3. The van der Waals surface area contributed by atoms with Crippen LogP contribution in [0.15, 0.2) is 18.5 Å². The van der Waals surface area contributed by atoms with Gasteiger partial charge in [-0.3, -0.25) is 4.79 Å². The molecule has 2 heterocycles. The summed E-state index contributed by atoms with van der Waals surface area (Å²) >= 11 is 0. The van der Waals surface area contributed by atoms with Crippen LogP contribution in [0, 0.1) is 6.92 Å². The van der Waals surface area contributed by atoms with Gasteiger partial charge in [0, 0.05) is 25.5 Å². The Labute approximate surface area is 118 Å². The van der Waals surface area contributed by atoms with Crippen molar-refractivity contribution in [3.63, 3.8) is 0 Å². The van der Waals surface area contributed by atoms with Crippen LogP contribution in [0.1, 0.15) is 26.5 Å². The summed E-state index contributed by atoms with van der Waals surface area (Å²) in [4.78, 5) is 18.4. The van der Waals surface area contributed by atoms with E-state index in [0.717, 1.165) is 11.2 Å². The van der Waals surface area contributed by atoms with E-state index in [1.807, 2.05) is 33.8 Å². The summed E-state index contributed by atoms with van der Waals surface area (Å²) in [7, 11) is 0. The number of amides is 1. The first-order valence-corrected chi connectivity index (χ1v) is 6.93. The number of aryl methyl sites for hydroxylation is 1. The standard InChI is InChI=1S/C14H21N5O/c1-5-18(6-2)14(20)11(4)16-13-12-9-10(3)17-19(12)8-7-15-13/h7-9,11H,5-6H2,1-4H3,(H,15,16). The summed E-state index contributed by atoms with van der Waals surface area (Å²) in [6.45, 7) is 9.17. The molecule has 0 spiro atoms. The first kappa shape index (κ1) is 14.3. The van der Waals surface area contributed by atoms with Crippen molar-refractivity contribution in [3.05, 3.63) is 24.2 Å². The van der Waals surface area contributed by atoms with Crippen molar-refractivity contribution in [2.75, 3.05) is 18.4 Å². The molecule has 0 fully saturated rings. The van der Waals surface area contributed by atoms with Gasteiger partial charge in [-0.05, 0) is 33.8 Å². The molecule has 1 N–H and O–H groups in total. The maximum absolute atomic E-state index is 12.3. The Morgan fingerprint density at radius 3 is 2.80 bits per heavy atom. The minimum absolute atomic E-state index is 0.0787. The van der Waals surface area contributed by atoms with Crippen LogP contribution < -0.4 is 5.32 Å². The first-order valence-electron chi connectivity index (χ1n) is 6.93. The van der Waals surface area contributed by atoms with E-state index >= 15 is 0 Å². The molecule has 0 radical (unpaired) electrons. The third-order valence-corrected chi connectivity index (χ3v) is 3.31. The molecule has 1 amide bonds. The molecular weight excluding hydrogens is 254 g/mol. The van der Waals surface area contributed by atoms with Crippen molar-refractivity contribution in [1.29, 1.82) is 0 Å². The number of nitrogens with zero attached hydrogens (tertiary/aromatic N) is 4. The van der Waals surface area contributed by atoms with E-state index in [-0.39, 0.29) is 11.9 Å². The summed E-state index contributed by atoms with van der Waals surface area (Å²) in [5.41, 5.74) is 1.80. The van der Waals surface area contributed by atoms with Gasteiger partial charge in [0.25, 0.3) is 0 Å². The molecule has 0 saturated carbocycles. The molecule has 1 unspecified atom stereocenters. The van der Waals surface area contributed by atoms with Crippen LogP contribution in [0.3, 0.4) is 0 Å². The van der Waals surface area contributed by atoms with E-state index in [9.17, 15) is 4.79 Å². The Bertz CT molecular complexity index is 603. The zero-order valence-electron chi connectivity index (χ0n) is 12.4. The van der Waals surface area contributed by atoms with Crippen LogP contribution in [-0.4, -0.2) is 44.5 Å². The Morgan fingerprint density at radius 2 is 2.15 bits per heavy atom. The molecule has 20 heavy (non-hydrogen) atoms. The van der Waals surface area contributed by atoms with E-state index < -0.39 is 0 Å². The van der Waals surface area contributed by atoms with E-state index in [1.54, 1.807) is 21.8 Å². The van der Waals surface area contributed by atoms with E-state index in [0.29, 0.717) is 18.9 Å². The summed E-state index contributed by atoms with van der Waals surface area (Å²) in [6.07, 6.45) is 3.47. The average molecular weight is 275 g/mol. The molecule has 6 nitrogen and oxygen atoms in total. The van der Waals surface area contributed by atoms with Gasteiger partial charge in [-0.25, -0.2) is 9.50 Å². The normalized spacial score (nSPS) is 12.4. The summed E-state index contributed by atoms with van der Waals surface area (Å²) in [5.74, 6) is 0.760. The predicted molar refractivity (Wildman–Crippen MR) is 78.7 cm³/mol. The number of hydrogen-bond acceptors (Lipinski definition) is 4. The Kier molecular flexibility index (Phi) is 4.22. The summed E-state index contributed by atoms with van der Waals surface area (Å²) in [6, 6.07) is 1.63. The lowest BCUT2D eigenvalue weighted by Crippen LogP contribution is -2.41. The molecular formula is C14H21N5O. The number of rotatable bonds is 5. The largest absolute Gasteiger partial charge is 0.357 e. The van der Waals surface area contributed by atoms with Crippen molar-refractivity contribution in [2.45, 2.75) is 33.7 Å². The van der Waals surface area contributed by atoms with Gasteiger partial charge < -0.3 is 10.2 Å². The zero-order chi connectivity index (χ0) is 14.7. The molecule has 2 aromatic heterocycles. The Morgan fingerprint density at radius 1 is 1.45 bits per heavy atom. The van der Waals surface area contributed by atoms with Gasteiger partial charge in [0.05, 0.1) is 5.69 Å². The predicted octanol–water partition coefficient (Wildman–Crippen LogP) is 1.71.